The van der Waals surface area contributed by atoms with E-state index in [9.17, 15) is 4.79 Å². The molecule has 1 rings (SSSR count). The summed E-state index contributed by atoms with van der Waals surface area (Å²) >= 11 is 0. The zero-order valence-electron chi connectivity index (χ0n) is 9.56. The lowest BCUT2D eigenvalue weighted by molar-refractivity contribution is -0.131. The van der Waals surface area contributed by atoms with E-state index in [1.807, 2.05) is 0 Å². The number of carbonyl (C=O) groups is 1. The van der Waals surface area contributed by atoms with Gasteiger partial charge < -0.3 is 14.6 Å². The van der Waals surface area contributed by atoms with Gasteiger partial charge in [0.25, 0.3) is 0 Å². The molecule has 0 bridgehead atoms. The molecule has 0 radical (unpaired) electrons. The monoisotopic (exact) mass is 232 g/mol. The molecule has 4 nitrogen and oxygen atoms in total. The predicted molar refractivity (Wildman–Crippen MR) is 63.7 cm³/mol. The lowest BCUT2D eigenvalue weighted by atomic mass is 10.2. The number of hydrogen-bond acceptors (Lipinski definition) is 3. The highest BCUT2D eigenvalue weighted by Gasteiger charge is 2.04. The van der Waals surface area contributed by atoms with Gasteiger partial charge in [0.15, 0.2) is 11.5 Å². The van der Waals surface area contributed by atoms with Gasteiger partial charge in [-0.2, -0.15) is 0 Å². The SMILES string of the molecule is CC#COc1ccc(C=CC(=O)O)cc1OC. The highest BCUT2D eigenvalue weighted by Crippen LogP contribution is 2.28. The molecule has 0 aliphatic carbocycles. The van der Waals surface area contributed by atoms with Crippen LogP contribution in [0.25, 0.3) is 6.08 Å². The van der Waals surface area contributed by atoms with Gasteiger partial charge in [0.05, 0.1) is 7.11 Å². The van der Waals surface area contributed by atoms with Crippen LogP contribution in [0.15, 0.2) is 24.3 Å². The van der Waals surface area contributed by atoms with Gasteiger partial charge in [0, 0.05) is 13.0 Å². The minimum atomic E-state index is -0.999. The van der Waals surface area contributed by atoms with Gasteiger partial charge in [-0.3, -0.25) is 0 Å². The van der Waals surface area contributed by atoms with Crippen LogP contribution in [-0.4, -0.2) is 18.2 Å². The topological polar surface area (TPSA) is 55.8 Å². The number of ether oxygens (including phenoxy) is 2. The number of rotatable bonds is 4. The van der Waals surface area contributed by atoms with Crippen LogP contribution in [0, 0.1) is 12.0 Å². The maximum absolute atomic E-state index is 10.4. The number of carboxylic acids is 1. The molecule has 0 saturated carbocycles. The minimum Gasteiger partial charge on any atom is -0.493 e. The van der Waals surface area contributed by atoms with Crippen molar-refractivity contribution in [3.8, 4) is 23.5 Å². The minimum absolute atomic E-state index is 0.495. The summed E-state index contributed by atoms with van der Waals surface area (Å²) in [6.45, 7) is 1.66. The molecule has 1 aromatic carbocycles. The molecule has 0 heterocycles. The predicted octanol–water partition coefficient (Wildman–Crippen LogP) is 2.15. The third-order valence-corrected chi connectivity index (χ3v) is 1.87. The smallest absolute Gasteiger partial charge is 0.328 e. The molecule has 1 aromatic rings. The molecule has 17 heavy (non-hydrogen) atoms. The van der Waals surface area contributed by atoms with Crippen molar-refractivity contribution in [2.75, 3.05) is 7.11 Å². The summed E-state index contributed by atoms with van der Waals surface area (Å²) in [5.41, 5.74) is 0.709. The molecule has 0 amide bonds. The summed E-state index contributed by atoms with van der Waals surface area (Å²) < 4.78 is 10.2. The molecule has 0 spiro atoms. The van der Waals surface area contributed by atoms with E-state index in [1.165, 1.54) is 13.2 Å². The van der Waals surface area contributed by atoms with E-state index >= 15 is 0 Å². The summed E-state index contributed by atoms with van der Waals surface area (Å²) in [7, 11) is 1.51. The van der Waals surface area contributed by atoms with Gasteiger partial charge in [0.1, 0.15) is 6.11 Å². The Kier molecular flexibility index (Phi) is 4.64. The first-order valence-corrected chi connectivity index (χ1v) is 4.85. The summed E-state index contributed by atoms with van der Waals surface area (Å²) in [4.78, 5) is 10.4. The third kappa shape index (κ3) is 3.92. The van der Waals surface area contributed by atoms with Gasteiger partial charge in [-0.05, 0) is 23.8 Å². The Bertz CT molecular complexity index is 492. The van der Waals surface area contributed by atoms with Crippen molar-refractivity contribution in [3.63, 3.8) is 0 Å². The van der Waals surface area contributed by atoms with Crippen LogP contribution in [0.1, 0.15) is 12.5 Å². The van der Waals surface area contributed by atoms with Crippen LogP contribution in [0.3, 0.4) is 0 Å². The van der Waals surface area contributed by atoms with Gasteiger partial charge in [-0.15, -0.1) is 0 Å². The summed E-state index contributed by atoms with van der Waals surface area (Å²) in [6.07, 6.45) is 5.00. The van der Waals surface area contributed by atoms with Crippen molar-refractivity contribution in [2.45, 2.75) is 6.92 Å². The van der Waals surface area contributed by atoms with Gasteiger partial charge in [-0.1, -0.05) is 12.0 Å². The van der Waals surface area contributed by atoms with E-state index in [1.54, 1.807) is 25.1 Å². The molecule has 0 atom stereocenters. The van der Waals surface area contributed by atoms with Crippen LogP contribution in [0.4, 0.5) is 0 Å². The van der Waals surface area contributed by atoms with Crippen molar-refractivity contribution in [3.05, 3.63) is 29.8 Å². The summed E-state index contributed by atoms with van der Waals surface area (Å²) in [6, 6.07) is 5.06. The molecule has 0 aliphatic heterocycles. The van der Waals surface area contributed by atoms with E-state index in [-0.39, 0.29) is 0 Å². The molecular weight excluding hydrogens is 220 g/mol. The number of benzene rings is 1. The molecule has 0 fully saturated rings. The number of carboxylic acid groups (broad SMARTS) is 1. The Balaban J connectivity index is 2.98. The largest absolute Gasteiger partial charge is 0.493 e. The molecule has 0 aliphatic rings. The zero-order valence-corrected chi connectivity index (χ0v) is 9.56. The molecule has 4 heteroatoms. The zero-order chi connectivity index (χ0) is 12.7. The second-order valence-electron chi connectivity index (χ2n) is 3.04. The van der Waals surface area contributed by atoms with Crippen LogP contribution >= 0.6 is 0 Å². The van der Waals surface area contributed by atoms with E-state index in [4.69, 9.17) is 14.6 Å². The quantitative estimate of drug-likeness (QED) is 0.638. The fourth-order valence-electron chi connectivity index (χ4n) is 1.15. The standard InChI is InChI=1S/C13H12O4/c1-3-8-17-11-6-4-10(5-7-13(14)15)9-12(11)16-2/h4-7,9H,1-2H3,(H,14,15). The van der Waals surface area contributed by atoms with Crippen molar-refractivity contribution in [2.24, 2.45) is 0 Å². The van der Waals surface area contributed by atoms with Crippen molar-refractivity contribution in [1.82, 2.24) is 0 Å². The second kappa shape index (κ2) is 6.23. The average Bonchev–Trinajstić information content (AvgIpc) is 2.34. The van der Waals surface area contributed by atoms with Crippen LogP contribution < -0.4 is 9.47 Å². The van der Waals surface area contributed by atoms with Gasteiger partial charge in [0.2, 0.25) is 0 Å². The van der Waals surface area contributed by atoms with E-state index in [0.717, 1.165) is 6.08 Å². The first kappa shape index (κ1) is 12.7. The first-order chi connectivity index (χ1) is 8.17. The maximum Gasteiger partial charge on any atom is 0.328 e. The fraction of sp³-hybridized carbons (Fsp3) is 0.154. The van der Waals surface area contributed by atoms with Gasteiger partial charge in [-0.25, -0.2) is 4.79 Å². The Morgan fingerprint density at radius 2 is 2.18 bits per heavy atom. The van der Waals surface area contributed by atoms with Crippen LogP contribution in [0.2, 0.25) is 0 Å². The lowest BCUT2D eigenvalue weighted by Crippen LogP contribution is -1.91. The number of hydrogen-bond donors (Lipinski definition) is 1. The van der Waals surface area contributed by atoms with E-state index in [0.29, 0.717) is 17.1 Å². The lowest BCUT2D eigenvalue weighted by Gasteiger charge is -2.06. The van der Waals surface area contributed by atoms with Gasteiger partial charge >= 0.3 is 5.97 Å². The molecule has 0 aromatic heterocycles. The normalized spacial score (nSPS) is 9.53. The Morgan fingerprint density at radius 1 is 1.41 bits per heavy atom. The Labute approximate surface area is 99.5 Å². The highest BCUT2D eigenvalue weighted by atomic mass is 16.5. The summed E-state index contributed by atoms with van der Waals surface area (Å²) in [5, 5.41) is 8.51. The number of aliphatic carboxylic acids is 1. The Morgan fingerprint density at radius 3 is 2.76 bits per heavy atom. The summed E-state index contributed by atoms with van der Waals surface area (Å²) in [5.74, 6) is 2.60. The highest BCUT2D eigenvalue weighted by molar-refractivity contribution is 5.85. The van der Waals surface area contributed by atoms with Crippen LogP contribution in [-0.2, 0) is 4.79 Å². The van der Waals surface area contributed by atoms with Crippen molar-refractivity contribution >= 4 is 12.0 Å². The molecule has 88 valence electrons. The maximum atomic E-state index is 10.4. The fourth-order valence-corrected chi connectivity index (χ4v) is 1.15. The molecule has 0 saturated heterocycles. The van der Waals surface area contributed by atoms with Crippen LogP contribution in [0.5, 0.6) is 11.5 Å². The number of methoxy groups -OCH3 is 1. The molecule has 0 unspecified atom stereocenters. The van der Waals surface area contributed by atoms with E-state index in [2.05, 4.69) is 12.0 Å². The third-order valence-electron chi connectivity index (χ3n) is 1.87. The van der Waals surface area contributed by atoms with E-state index < -0.39 is 5.97 Å². The first-order valence-electron chi connectivity index (χ1n) is 4.85. The molecular formula is C13H12O4. The average molecular weight is 232 g/mol. The second-order valence-corrected chi connectivity index (χ2v) is 3.04. The van der Waals surface area contributed by atoms with Crippen molar-refractivity contribution < 1.29 is 19.4 Å². The molecule has 1 N–H and O–H groups in total. The Hall–Kier alpha value is -2.41. The van der Waals surface area contributed by atoms with Crippen molar-refractivity contribution in [1.29, 1.82) is 0 Å².